The van der Waals surface area contributed by atoms with E-state index in [0.717, 1.165) is 6.07 Å². The number of carbonyl (C=O) groups excluding carboxylic acids is 1. The summed E-state index contributed by atoms with van der Waals surface area (Å²) in [6.45, 7) is 2.35. The van der Waals surface area contributed by atoms with E-state index in [0.29, 0.717) is 23.8 Å². The molecule has 0 aliphatic heterocycles. The van der Waals surface area contributed by atoms with Gasteiger partial charge in [0, 0.05) is 17.7 Å². The molecule has 0 aliphatic rings. The first kappa shape index (κ1) is 13.2. The largest absolute Gasteiger partial charge is 0.366 e. The number of benzene rings is 1. The Labute approximate surface area is 108 Å². The third-order valence-corrected chi connectivity index (χ3v) is 2.50. The minimum absolute atomic E-state index is 0.147. The SMILES string of the molecule is Cc1noc(CNCc2ccc(C(N)=O)cc2F)n1. The van der Waals surface area contributed by atoms with Gasteiger partial charge in [-0.25, -0.2) is 4.39 Å². The molecular weight excluding hydrogens is 251 g/mol. The van der Waals surface area contributed by atoms with E-state index in [1.54, 1.807) is 6.92 Å². The van der Waals surface area contributed by atoms with Crippen molar-refractivity contribution in [3.8, 4) is 0 Å². The summed E-state index contributed by atoms with van der Waals surface area (Å²) in [5, 5.41) is 6.61. The van der Waals surface area contributed by atoms with Gasteiger partial charge >= 0.3 is 0 Å². The summed E-state index contributed by atoms with van der Waals surface area (Å²) in [4.78, 5) is 14.9. The van der Waals surface area contributed by atoms with E-state index >= 15 is 0 Å². The molecule has 0 saturated heterocycles. The molecule has 1 aromatic heterocycles. The number of nitrogens with two attached hydrogens (primary N) is 1. The molecule has 3 N–H and O–H groups in total. The predicted octanol–water partition coefficient (Wildman–Crippen LogP) is 0.906. The average Bonchev–Trinajstić information content (AvgIpc) is 2.77. The molecule has 0 atom stereocenters. The zero-order valence-electron chi connectivity index (χ0n) is 10.3. The highest BCUT2D eigenvalue weighted by Gasteiger charge is 2.07. The lowest BCUT2D eigenvalue weighted by Gasteiger charge is -2.05. The van der Waals surface area contributed by atoms with Crippen LogP contribution in [-0.4, -0.2) is 16.0 Å². The third kappa shape index (κ3) is 3.35. The molecule has 19 heavy (non-hydrogen) atoms. The van der Waals surface area contributed by atoms with Gasteiger partial charge in [-0.05, 0) is 19.1 Å². The van der Waals surface area contributed by atoms with Gasteiger partial charge in [-0.3, -0.25) is 4.79 Å². The van der Waals surface area contributed by atoms with E-state index in [2.05, 4.69) is 15.5 Å². The van der Waals surface area contributed by atoms with Crippen LogP contribution in [0.3, 0.4) is 0 Å². The van der Waals surface area contributed by atoms with Gasteiger partial charge in [0.1, 0.15) is 5.82 Å². The maximum atomic E-state index is 13.6. The molecule has 0 unspecified atom stereocenters. The maximum Gasteiger partial charge on any atom is 0.248 e. The first-order valence-corrected chi connectivity index (χ1v) is 5.64. The summed E-state index contributed by atoms with van der Waals surface area (Å²) < 4.78 is 18.5. The first-order valence-electron chi connectivity index (χ1n) is 5.64. The molecule has 1 amide bonds. The number of primary amides is 1. The van der Waals surface area contributed by atoms with Crippen LogP contribution >= 0.6 is 0 Å². The molecule has 1 aromatic carbocycles. The molecule has 0 radical (unpaired) electrons. The van der Waals surface area contributed by atoms with Gasteiger partial charge in [-0.1, -0.05) is 11.2 Å². The zero-order chi connectivity index (χ0) is 13.8. The highest BCUT2D eigenvalue weighted by molar-refractivity contribution is 5.92. The summed E-state index contributed by atoms with van der Waals surface area (Å²) in [6.07, 6.45) is 0. The molecule has 2 rings (SSSR count). The van der Waals surface area contributed by atoms with Gasteiger partial charge in [-0.2, -0.15) is 4.98 Å². The maximum absolute atomic E-state index is 13.6. The fourth-order valence-corrected chi connectivity index (χ4v) is 1.56. The Balaban J connectivity index is 1.94. The second-order valence-corrected chi connectivity index (χ2v) is 4.01. The average molecular weight is 264 g/mol. The lowest BCUT2D eigenvalue weighted by atomic mass is 10.1. The van der Waals surface area contributed by atoms with E-state index < -0.39 is 11.7 Å². The molecule has 6 nitrogen and oxygen atoms in total. The Morgan fingerprint density at radius 3 is 2.84 bits per heavy atom. The summed E-state index contributed by atoms with van der Waals surface area (Å²) in [5.74, 6) is -0.147. The van der Waals surface area contributed by atoms with Crippen molar-refractivity contribution in [2.24, 2.45) is 5.73 Å². The molecule has 7 heteroatoms. The standard InChI is InChI=1S/C12H13FN4O2/c1-7-16-11(19-17-7)6-15-5-9-3-2-8(12(14)18)4-10(9)13/h2-4,15H,5-6H2,1H3,(H2,14,18). The van der Waals surface area contributed by atoms with E-state index in [4.69, 9.17) is 10.3 Å². The number of halogens is 1. The summed E-state index contributed by atoms with van der Waals surface area (Å²) in [5.41, 5.74) is 5.64. The molecule has 0 saturated carbocycles. The van der Waals surface area contributed by atoms with Crippen molar-refractivity contribution in [1.29, 1.82) is 0 Å². The van der Waals surface area contributed by atoms with E-state index in [9.17, 15) is 9.18 Å². The molecule has 0 fully saturated rings. The monoisotopic (exact) mass is 264 g/mol. The lowest BCUT2D eigenvalue weighted by molar-refractivity contribution is 0.1000. The molecule has 0 bridgehead atoms. The topological polar surface area (TPSA) is 94.0 Å². The minimum Gasteiger partial charge on any atom is -0.366 e. The molecule has 100 valence electrons. The van der Waals surface area contributed by atoms with Crippen molar-refractivity contribution < 1.29 is 13.7 Å². The Hall–Kier alpha value is -2.28. The molecule has 1 heterocycles. The minimum atomic E-state index is -0.653. The number of aryl methyl sites for hydroxylation is 1. The number of nitrogens with one attached hydrogen (secondary N) is 1. The van der Waals surface area contributed by atoms with Crippen LogP contribution in [0.1, 0.15) is 27.6 Å². The van der Waals surface area contributed by atoms with Gasteiger partial charge < -0.3 is 15.6 Å². The number of hydrogen-bond donors (Lipinski definition) is 2. The second-order valence-electron chi connectivity index (χ2n) is 4.01. The number of amides is 1. The molecule has 0 spiro atoms. The van der Waals surface area contributed by atoms with Gasteiger partial charge in [-0.15, -0.1) is 0 Å². The van der Waals surface area contributed by atoms with E-state index in [1.165, 1.54) is 12.1 Å². The van der Waals surface area contributed by atoms with Crippen LogP contribution in [0.15, 0.2) is 22.7 Å². The van der Waals surface area contributed by atoms with Crippen LogP contribution in [0.4, 0.5) is 4.39 Å². The van der Waals surface area contributed by atoms with Crippen LogP contribution < -0.4 is 11.1 Å². The Bertz CT molecular complexity index is 597. The number of rotatable bonds is 5. The molecule has 2 aromatic rings. The van der Waals surface area contributed by atoms with Gasteiger partial charge in [0.2, 0.25) is 11.8 Å². The summed E-state index contributed by atoms with van der Waals surface area (Å²) in [6, 6.07) is 4.12. The smallest absolute Gasteiger partial charge is 0.248 e. The van der Waals surface area contributed by atoms with Crippen LogP contribution in [0, 0.1) is 12.7 Å². The van der Waals surface area contributed by atoms with Crippen LogP contribution in [0.25, 0.3) is 0 Å². The summed E-state index contributed by atoms with van der Waals surface area (Å²) in [7, 11) is 0. The van der Waals surface area contributed by atoms with Crippen LogP contribution in [0.2, 0.25) is 0 Å². The number of hydrogen-bond acceptors (Lipinski definition) is 5. The number of carbonyl (C=O) groups is 1. The Kier molecular flexibility index (Phi) is 3.86. The Morgan fingerprint density at radius 1 is 1.47 bits per heavy atom. The van der Waals surface area contributed by atoms with Crippen molar-refractivity contribution in [1.82, 2.24) is 15.5 Å². The van der Waals surface area contributed by atoms with Crippen LogP contribution in [-0.2, 0) is 13.1 Å². The number of aromatic nitrogens is 2. The van der Waals surface area contributed by atoms with E-state index in [1.807, 2.05) is 0 Å². The van der Waals surface area contributed by atoms with Crippen molar-refractivity contribution in [2.75, 3.05) is 0 Å². The lowest BCUT2D eigenvalue weighted by Crippen LogP contribution is -2.15. The van der Waals surface area contributed by atoms with Crippen molar-refractivity contribution in [3.63, 3.8) is 0 Å². The van der Waals surface area contributed by atoms with Crippen molar-refractivity contribution in [2.45, 2.75) is 20.0 Å². The normalized spacial score (nSPS) is 10.6. The fraction of sp³-hybridized carbons (Fsp3) is 0.250. The van der Waals surface area contributed by atoms with Crippen LogP contribution in [0.5, 0.6) is 0 Å². The molecule has 0 aliphatic carbocycles. The van der Waals surface area contributed by atoms with Gasteiger partial charge in [0.15, 0.2) is 5.82 Å². The quantitative estimate of drug-likeness (QED) is 0.837. The van der Waals surface area contributed by atoms with Gasteiger partial charge in [0.25, 0.3) is 0 Å². The summed E-state index contributed by atoms with van der Waals surface area (Å²) >= 11 is 0. The van der Waals surface area contributed by atoms with E-state index in [-0.39, 0.29) is 12.1 Å². The zero-order valence-corrected chi connectivity index (χ0v) is 10.3. The Morgan fingerprint density at radius 2 is 2.26 bits per heavy atom. The first-order chi connectivity index (χ1) is 9.06. The second kappa shape index (κ2) is 5.57. The fourth-order valence-electron chi connectivity index (χ4n) is 1.56. The molecular formula is C12H13FN4O2. The highest BCUT2D eigenvalue weighted by Crippen LogP contribution is 2.10. The van der Waals surface area contributed by atoms with Gasteiger partial charge in [0.05, 0.1) is 6.54 Å². The highest BCUT2D eigenvalue weighted by atomic mass is 19.1. The predicted molar refractivity (Wildman–Crippen MR) is 64.5 cm³/mol. The van der Waals surface area contributed by atoms with Crippen molar-refractivity contribution >= 4 is 5.91 Å². The number of nitrogens with zero attached hydrogens (tertiary/aromatic N) is 2. The third-order valence-electron chi connectivity index (χ3n) is 2.50. The van der Waals surface area contributed by atoms with Crippen molar-refractivity contribution in [3.05, 3.63) is 46.9 Å².